The molecule has 0 spiro atoms. The van der Waals surface area contributed by atoms with Crippen LogP contribution in [0.15, 0.2) is 24.3 Å². The van der Waals surface area contributed by atoms with Crippen molar-refractivity contribution in [2.24, 2.45) is 5.73 Å². The van der Waals surface area contributed by atoms with Crippen molar-refractivity contribution >= 4 is 11.9 Å². The molecule has 4 N–H and O–H groups in total. The molecule has 0 fully saturated rings. The van der Waals surface area contributed by atoms with E-state index in [1.807, 2.05) is 0 Å². The minimum absolute atomic E-state index is 0.0638. The van der Waals surface area contributed by atoms with Crippen molar-refractivity contribution in [3.05, 3.63) is 29.8 Å². The molecule has 0 aromatic heterocycles. The number of benzene rings is 1. The summed E-state index contributed by atoms with van der Waals surface area (Å²) in [6, 6.07) is 5.80. The van der Waals surface area contributed by atoms with Gasteiger partial charge in [0.2, 0.25) is 0 Å². The second-order valence-electron chi connectivity index (χ2n) is 3.79. The van der Waals surface area contributed by atoms with Crippen LogP contribution in [-0.4, -0.2) is 34.8 Å². The summed E-state index contributed by atoms with van der Waals surface area (Å²) in [4.78, 5) is 20.8. The fourth-order valence-electron chi connectivity index (χ4n) is 1.32. The minimum atomic E-state index is -1.04. The average Bonchev–Trinajstić information content (AvgIpc) is 2.30. The zero-order valence-corrected chi connectivity index (χ0v) is 9.70. The summed E-state index contributed by atoms with van der Waals surface area (Å²) in [5.41, 5.74) is 6.19. The van der Waals surface area contributed by atoms with E-state index >= 15 is 0 Å². The maximum Gasteiger partial charge on any atom is 0.320 e. The number of carbonyl (C=O) groups is 2. The molecular formula is C12H15NO5. The highest BCUT2D eigenvalue weighted by Crippen LogP contribution is 2.13. The molecule has 6 nitrogen and oxygen atoms in total. The first-order chi connectivity index (χ1) is 8.49. The van der Waals surface area contributed by atoms with E-state index in [2.05, 4.69) is 0 Å². The second-order valence-corrected chi connectivity index (χ2v) is 3.79. The molecule has 0 heterocycles. The molecule has 0 amide bonds. The Labute approximate surface area is 104 Å². The Morgan fingerprint density at radius 3 is 2.33 bits per heavy atom. The van der Waals surface area contributed by atoms with Gasteiger partial charge in [0, 0.05) is 0 Å². The third-order valence-electron chi connectivity index (χ3n) is 2.28. The molecule has 0 aliphatic rings. The van der Waals surface area contributed by atoms with Crippen LogP contribution in [0.3, 0.4) is 0 Å². The fourth-order valence-corrected chi connectivity index (χ4v) is 1.32. The van der Waals surface area contributed by atoms with E-state index < -0.39 is 18.0 Å². The minimum Gasteiger partial charge on any atom is -0.493 e. The van der Waals surface area contributed by atoms with Gasteiger partial charge < -0.3 is 20.7 Å². The molecule has 1 aromatic carbocycles. The van der Waals surface area contributed by atoms with E-state index in [0.717, 1.165) is 5.56 Å². The van der Waals surface area contributed by atoms with E-state index in [1.165, 1.54) is 0 Å². The molecule has 0 bridgehead atoms. The van der Waals surface area contributed by atoms with Crippen LogP contribution in [0.1, 0.15) is 12.0 Å². The summed E-state index contributed by atoms with van der Waals surface area (Å²) in [5, 5.41) is 17.1. The lowest BCUT2D eigenvalue weighted by atomic mass is 10.1. The summed E-state index contributed by atoms with van der Waals surface area (Å²) in [7, 11) is 0. The number of carboxylic acid groups (broad SMARTS) is 2. The van der Waals surface area contributed by atoms with Gasteiger partial charge >= 0.3 is 11.9 Å². The van der Waals surface area contributed by atoms with Gasteiger partial charge in [-0.15, -0.1) is 0 Å². The molecule has 0 aliphatic carbocycles. The van der Waals surface area contributed by atoms with Crippen molar-refractivity contribution in [2.45, 2.75) is 18.9 Å². The fraction of sp³-hybridized carbons (Fsp3) is 0.333. The van der Waals surface area contributed by atoms with Crippen molar-refractivity contribution < 1.29 is 24.5 Å². The first-order valence-electron chi connectivity index (χ1n) is 5.41. The third-order valence-corrected chi connectivity index (χ3v) is 2.28. The highest BCUT2D eigenvalue weighted by Gasteiger charge is 2.11. The van der Waals surface area contributed by atoms with Crippen LogP contribution in [0.4, 0.5) is 0 Å². The lowest BCUT2D eigenvalue weighted by Crippen LogP contribution is -2.32. The normalized spacial score (nSPS) is 11.8. The first kappa shape index (κ1) is 14.0. The summed E-state index contributed by atoms with van der Waals surface area (Å²) < 4.78 is 5.20. The van der Waals surface area contributed by atoms with Crippen molar-refractivity contribution in [3.8, 4) is 5.75 Å². The molecule has 1 aromatic rings. The molecule has 0 unspecified atom stereocenters. The first-order valence-corrected chi connectivity index (χ1v) is 5.41. The van der Waals surface area contributed by atoms with E-state index in [-0.39, 0.29) is 19.4 Å². The number of carboxylic acids is 2. The van der Waals surface area contributed by atoms with Gasteiger partial charge in [-0.1, -0.05) is 12.1 Å². The van der Waals surface area contributed by atoms with Crippen molar-refractivity contribution in [2.75, 3.05) is 6.61 Å². The Bertz CT molecular complexity index is 415. The smallest absolute Gasteiger partial charge is 0.320 e. The quantitative estimate of drug-likeness (QED) is 0.652. The van der Waals surface area contributed by atoms with Crippen molar-refractivity contribution in [1.82, 2.24) is 0 Å². The molecular weight excluding hydrogens is 238 g/mol. The number of ether oxygens (including phenoxy) is 1. The number of aliphatic carboxylic acids is 2. The van der Waals surface area contributed by atoms with Gasteiger partial charge in [-0.3, -0.25) is 9.59 Å². The Morgan fingerprint density at radius 2 is 1.83 bits per heavy atom. The number of rotatable bonds is 7. The maximum atomic E-state index is 10.6. The van der Waals surface area contributed by atoms with Crippen molar-refractivity contribution in [3.63, 3.8) is 0 Å². The topological polar surface area (TPSA) is 110 Å². The predicted octanol–water partition coefficient (Wildman–Crippen LogP) is 0.494. The third kappa shape index (κ3) is 4.84. The summed E-state index contributed by atoms with van der Waals surface area (Å²) in [6.07, 6.45) is 0.177. The van der Waals surface area contributed by atoms with Crippen LogP contribution < -0.4 is 10.5 Å². The van der Waals surface area contributed by atoms with Crippen LogP contribution >= 0.6 is 0 Å². The highest BCUT2D eigenvalue weighted by atomic mass is 16.5. The van der Waals surface area contributed by atoms with Crippen LogP contribution in [0, 0.1) is 0 Å². The van der Waals surface area contributed by atoms with Gasteiger partial charge in [0.25, 0.3) is 0 Å². The lowest BCUT2D eigenvalue weighted by Gasteiger charge is -2.08. The van der Waals surface area contributed by atoms with Crippen LogP contribution in [-0.2, 0) is 16.0 Å². The predicted molar refractivity (Wildman–Crippen MR) is 63.5 cm³/mol. The molecule has 0 radical (unpaired) electrons. The molecule has 0 saturated heterocycles. The zero-order valence-electron chi connectivity index (χ0n) is 9.70. The van der Waals surface area contributed by atoms with Crippen LogP contribution in [0.5, 0.6) is 5.75 Å². The number of nitrogens with two attached hydrogens (primary N) is 1. The number of hydrogen-bond acceptors (Lipinski definition) is 4. The van der Waals surface area contributed by atoms with E-state index in [0.29, 0.717) is 5.75 Å². The zero-order chi connectivity index (χ0) is 13.5. The Hall–Kier alpha value is -2.08. The Balaban J connectivity index is 2.47. The van der Waals surface area contributed by atoms with E-state index in [9.17, 15) is 9.59 Å². The molecule has 18 heavy (non-hydrogen) atoms. The average molecular weight is 253 g/mol. The molecule has 98 valence electrons. The molecule has 6 heteroatoms. The summed E-state index contributed by atoms with van der Waals surface area (Å²) >= 11 is 0. The van der Waals surface area contributed by atoms with Crippen LogP contribution in [0.25, 0.3) is 0 Å². The van der Waals surface area contributed by atoms with Gasteiger partial charge in [0.1, 0.15) is 11.8 Å². The lowest BCUT2D eigenvalue weighted by molar-refractivity contribution is -0.139. The molecule has 1 atom stereocenters. The number of hydrogen-bond donors (Lipinski definition) is 3. The molecule has 0 saturated carbocycles. The van der Waals surface area contributed by atoms with Crippen molar-refractivity contribution in [1.29, 1.82) is 0 Å². The molecule has 1 rings (SSSR count). The van der Waals surface area contributed by atoms with Gasteiger partial charge in [0.15, 0.2) is 0 Å². The van der Waals surface area contributed by atoms with Gasteiger partial charge in [0.05, 0.1) is 13.0 Å². The summed E-state index contributed by atoms with van der Waals surface area (Å²) in [5.74, 6) is -1.42. The largest absolute Gasteiger partial charge is 0.493 e. The summed E-state index contributed by atoms with van der Waals surface area (Å²) in [6.45, 7) is 0.101. The van der Waals surface area contributed by atoms with E-state index in [4.69, 9.17) is 20.7 Å². The van der Waals surface area contributed by atoms with Crippen LogP contribution in [0.2, 0.25) is 0 Å². The van der Waals surface area contributed by atoms with Gasteiger partial charge in [-0.25, -0.2) is 0 Å². The monoisotopic (exact) mass is 253 g/mol. The van der Waals surface area contributed by atoms with Gasteiger partial charge in [-0.2, -0.15) is 0 Å². The van der Waals surface area contributed by atoms with Gasteiger partial charge in [-0.05, 0) is 24.1 Å². The highest BCUT2D eigenvalue weighted by molar-refractivity contribution is 5.73. The van der Waals surface area contributed by atoms with E-state index in [1.54, 1.807) is 24.3 Å². The second kappa shape index (κ2) is 6.61. The Morgan fingerprint density at radius 1 is 1.22 bits per heavy atom. The standard InChI is InChI=1S/C12H15NO5/c13-10(12(16)17)7-8-1-3-9(4-2-8)18-6-5-11(14)15/h1-4,10H,5-7,13H2,(H,14,15)(H,16,17)/t10-/m0/s1. The molecule has 0 aliphatic heterocycles. The maximum absolute atomic E-state index is 10.6. The SMILES string of the molecule is N[C@@H](Cc1ccc(OCCC(=O)O)cc1)C(=O)O. The Kier molecular flexibility index (Phi) is 5.13.